The van der Waals surface area contributed by atoms with Crippen LogP contribution in [0.2, 0.25) is 0 Å². The molecule has 3 N–H and O–H groups in total. The number of nitrogens with two attached hydrogens (primary N) is 1. The van der Waals surface area contributed by atoms with E-state index in [2.05, 4.69) is 22.1 Å². The molecule has 100 valence electrons. The summed E-state index contributed by atoms with van der Waals surface area (Å²) >= 11 is 0. The minimum Gasteiger partial charge on any atom is -0.496 e. The summed E-state index contributed by atoms with van der Waals surface area (Å²) in [6.07, 6.45) is 3.98. The highest BCUT2D eigenvalue weighted by atomic mass is 16.5. The Bertz CT molecular complexity index is 585. The van der Waals surface area contributed by atoms with E-state index in [0.717, 1.165) is 41.2 Å². The fourth-order valence-corrected chi connectivity index (χ4v) is 2.62. The highest BCUT2D eigenvalue weighted by Crippen LogP contribution is 2.35. The van der Waals surface area contributed by atoms with Crippen LogP contribution in [-0.4, -0.2) is 23.1 Å². The van der Waals surface area contributed by atoms with Gasteiger partial charge in [-0.05, 0) is 43.5 Å². The molecule has 1 aromatic carbocycles. The summed E-state index contributed by atoms with van der Waals surface area (Å²) in [4.78, 5) is 7.89. The van der Waals surface area contributed by atoms with Crippen LogP contribution in [0.25, 0.3) is 11.3 Å². The Morgan fingerprint density at radius 3 is 2.79 bits per heavy atom. The molecule has 0 spiro atoms. The molecule has 4 heteroatoms. The van der Waals surface area contributed by atoms with Crippen LogP contribution in [0.5, 0.6) is 5.75 Å². The van der Waals surface area contributed by atoms with Crippen molar-refractivity contribution in [3.8, 4) is 17.0 Å². The number of aromatic amines is 1. The van der Waals surface area contributed by atoms with E-state index < -0.39 is 0 Å². The van der Waals surface area contributed by atoms with Crippen LogP contribution in [0, 0.1) is 6.92 Å². The summed E-state index contributed by atoms with van der Waals surface area (Å²) in [7, 11) is 1.69. The molecular weight excluding hydrogens is 238 g/mol. The van der Waals surface area contributed by atoms with Gasteiger partial charge in [0.25, 0.3) is 0 Å². The van der Waals surface area contributed by atoms with Gasteiger partial charge in [0.1, 0.15) is 11.6 Å². The van der Waals surface area contributed by atoms with Crippen molar-refractivity contribution < 1.29 is 4.74 Å². The number of nitrogens with one attached hydrogen (secondary N) is 1. The molecule has 0 atom stereocenters. The number of nitrogens with zero attached hydrogens (tertiary/aromatic N) is 1. The summed E-state index contributed by atoms with van der Waals surface area (Å²) < 4.78 is 5.28. The molecule has 2 aromatic rings. The van der Waals surface area contributed by atoms with Crippen LogP contribution in [0.15, 0.2) is 24.4 Å². The predicted molar refractivity (Wildman–Crippen MR) is 75.3 cm³/mol. The summed E-state index contributed by atoms with van der Waals surface area (Å²) in [6, 6.07) is 6.50. The second-order valence-electron chi connectivity index (χ2n) is 5.29. The first-order valence-corrected chi connectivity index (χ1v) is 6.63. The fourth-order valence-electron chi connectivity index (χ4n) is 2.62. The molecule has 0 radical (unpaired) electrons. The molecule has 0 amide bonds. The molecule has 0 aliphatic heterocycles. The highest BCUT2D eigenvalue weighted by Gasteiger charge is 2.29. The highest BCUT2D eigenvalue weighted by molar-refractivity contribution is 5.61. The Hall–Kier alpha value is -1.81. The maximum Gasteiger partial charge on any atom is 0.121 e. The fraction of sp³-hybridized carbons (Fsp3) is 0.400. The number of H-pyrrole nitrogens is 1. The van der Waals surface area contributed by atoms with E-state index in [4.69, 9.17) is 10.5 Å². The van der Waals surface area contributed by atoms with Crippen LogP contribution in [0.3, 0.4) is 0 Å². The summed E-state index contributed by atoms with van der Waals surface area (Å²) in [5, 5.41) is 0. The molecule has 0 saturated heterocycles. The van der Waals surface area contributed by atoms with Gasteiger partial charge in [-0.15, -0.1) is 0 Å². The van der Waals surface area contributed by atoms with E-state index in [0.29, 0.717) is 12.0 Å². The lowest BCUT2D eigenvalue weighted by molar-refractivity contribution is 0.340. The van der Waals surface area contributed by atoms with Crippen molar-refractivity contribution in [1.29, 1.82) is 0 Å². The number of methoxy groups -OCH3 is 1. The van der Waals surface area contributed by atoms with Crippen LogP contribution >= 0.6 is 0 Å². The molecule has 1 saturated carbocycles. The van der Waals surface area contributed by atoms with Crippen molar-refractivity contribution in [1.82, 2.24) is 9.97 Å². The van der Waals surface area contributed by atoms with Gasteiger partial charge in [-0.1, -0.05) is 0 Å². The topological polar surface area (TPSA) is 63.9 Å². The second-order valence-corrected chi connectivity index (χ2v) is 5.29. The van der Waals surface area contributed by atoms with Crippen molar-refractivity contribution in [2.75, 3.05) is 7.11 Å². The molecule has 19 heavy (non-hydrogen) atoms. The molecule has 1 heterocycles. The van der Waals surface area contributed by atoms with Gasteiger partial charge in [-0.25, -0.2) is 4.98 Å². The van der Waals surface area contributed by atoms with E-state index in [1.54, 1.807) is 7.11 Å². The van der Waals surface area contributed by atoms with Crippen LogP contribution in [0.1, 0.15) is 30.1 Å². The Morgan fingerprint density at radius 2 is 2.16 bits per heavy atom. The molecule has 1 aliphatic rings. The Labute approximate surface area is 113 Å². The van der Waals surface area contributed by atoms with Gasteiger partial charge in [-0.3, -0.25) is 0 Å². The van der Waals surface area contributed by atoms with Crippen LogP contribution in [0.4, 0.5) is 0 Å². The van der Waals surface area contributed by atoms with Gasteiger partial charge in [-0.2, -0.15) is 0 Å². The zero-order valence-electron chi connectivity index (χ0n) is 11.3. The monoisotopic (exact) mass is 257 g/mol. The van der Waals surface area contributed by atoms with Crippen molar-refractivity contribution in [3.05, 3.63) is 35.8 Å². The van der Waals surface area contributed by atoms with Gasteiger partial charge >= 0.3 is 0 Å². The van der Waals surface area contributed by atoms with E-state index >= 15 is 0 Å². The molecule has 1 aromatic heterocycles. The molecule has 3 rings (SSSR count). The Kier molecular flexibility index (Phi) is 3.03. The number of hydrogen-bond acceptors (Lipinski definition) is 3. The van der Waals surface area contributed by atoms with Gasteiger partial charge < -0.3 is 15.5 Å². The van der Waals surface area contributed by atoms with Crippen LogP contribution < -0.4 is 10.5 Å². The van der Waals surface area contributed by atoms with E-state index in [1.165, 1.54) is 0 Å². The lowest BCUT2D eigenvalue weighted by Crippen LogP contribution is -2.35. The smallest absolute Gasteiger partial charge is 0.121 e. The van der Waals surface area contributed by atoms with E-state index in [9.17, 15) is 0 Å². The first-order valence-electron chi connectivity index (χ1n) is 6.63. The van der Waals surface area contributed by atoms with E-state index in [-0.39, 0.29) is 0 Å². The SMILES string of the molecule is COc1ccc(-c2cnc(C3CC(N)C3)[nH]2)cc1C. The maximum atomic E-state index is 5.82. The maximum absolute atomic E-state index is 5.82. The number of ether oxygens (including phenoxy) is 1. The van der Waals surface area contributed by atoms with Crippen molar-refractivity contribution in [2.24, 2.45) is 5.73 Å². The largest absolute Gasteiger partial charge is 0.496 e. The minimum absolute atomic E-state index is 0.349. The van der Waals surface area contributed by atoms with Crippen molar-refractivity contribution in [2.45, 2.75) is 31.7 Å². The third kappa shape index (κ3) is 2.24. The third-order valence-electron chi connectivity index (χ3n) is 3.86. The van der Waals surface area contributed by atoms with Gasteiger partial charge in [0.2, 0.25) is 0 Å². The quantitative estimate of drug-likeness (QED) is 0.888. The molecule has 1 aliphatic carbocycles. The zero-order chi connectivity index (χ0) is 13.4. The number of benzene rings is 1. The summed E-state index contributed by atoms with van der Waals surface area (Å²) in [5.74, 6) is 2.47. The zero-order valence-corrected chi connectivity index (χ0v) is 11.3. The molecule has 0 unspecified atom stereocenters. The second kappa shape index (κ2) is 4.70. The standard InChI is InChI=1S/C15H19N3O/c1-9-5-10(3-4-14(9)19-2)13-8-17-15(18-13)11-6-12(16)7-11/h3-5,8,11-12H,6-7,16H2,1-2H3,(H,17,18). The number of rotatable bonds is 3. The lowest BCUT2D eigenvalue weighted by Gasteiger charge is -2.30. The van der Waals surface area contributed by atoms with Crippen molar-refractivity contribution in [3.63, 3.8) is 0 Å². The summed E-state index contributed by atoms with van der Waals surface area (Å²) in [6.45, 7) is 2.05. The predicted octanol–water partition coefficient (Wildman–Crippen LogP) is 2.60. The van der Waals surface area contributed by atoms with Crippen molar-refractivity contribution >= 4 is 0 Å². The third-order valence-corrected chi connectivity index (χ3v) is 3.86. The van der Waals surface area contributed by atoms with Gasteiger partial charge in [0, 0.05) is 17.5 Å². The molecule has 1 fully saturated rings. The first kappa shape index (κ1) is 12.2. The number of hydrogen-bond donors (Lipinski definition) is 2. The van der Waals surface area contributed by atoms with E-state index in [1.807, 2.05) is 19.2 Å². The van der Waals surface area contributed by atoms with Gasteiger partial charge in [0.15, 0.2) is 0 Å². The number of aryl methyl sites for hydroxylation is 1. The first-order chi connectivity index (χ1) is 9.17. The average molecular weight is 257 g/mol. The Balaban J connectivity index is 1.84. The summed E-state index contributed by atoms with van der Waals surface area (Å²) in [5.41, 5.74) is 9.14. The number of aromatic nitrogens is 2. The Morgan fingerprint density at radius 1 is 1.37 bits per heavy atom. The molecular formula is C15H19N3O. The average Bonchev–Trinajstić information content (AvgIpc) is 2.84. The lowest BCUT2D eigenvalue weighted by atomic mass is 9.80. The van der Waals surface area contributed by atoms with Crippen LogP contribution in [-0.2, 0) is 0 Å². The molecule has 0 bridgehead atoms. The molecule has 4 nitrogen and oxygen atoms in total. The minimum atomic E-state index is 0.349. The number of imidazole rings is 1. The normalized spacial score (nSPS) is 22.1. The van der Waals surface area contributed by atoms with Gasteiger partial charge in [0.05, 0.1) is 19.0 Å².